The normalized spacial score (nSPS) is 17.3. The average molecular weight is 352 g/mol. The van der Waals surface area contributed by atoms with E-state index in [-0.39, 0.29) is 40.6 Å². The minimum atomic E-state index is -3.91. The summed E-state index contributed by atoms with van der Waals surface area (Å²) in [5.41, 5.74) is 5.36. The Morgan fingerprint density at radius 1 is 1.42 bits per heavy atom. The van der Waals surface area contributed by atoms with E-state index in [2.05, 4.69) is 21.2 Å². The largest absolute Gasteiger partial charge is 0.398 e. The summed E-state index contributed by atoms with van der Waals surface area (Å²) in [6, 6.07) is 2.04. The van der Waals surface area contributed by atoms with Crippen molar-refractivity contribution < 1.29 is 17.6 Å². The molecule has 0 unspecified atom stereocenters. The van der Waals surface area contributed by atoms with E-state index in [9.17, 15) is 17.6 Å². The van der Waals surface area contributed by atoms with Crippen molar-refractivity contribution in [1.82, 2.24) is 9.62 Å². The summed E-state index contributed by atoms with van der Waals surface area (Å²) < 4.78 is 38.9. The number of nitrogens with one attached hydrogen (secondary N) is 1. The Balaban J connectivity index is 2.44. The molecule has 1 aromatic rings. The number of hydrogen-bond acceptors (Lipinski definition) is 4. The predicted molar refractivity (Wildman–Crippen MR) is 70.3 cm³/mol. The summed E-state index contributed by atoms with van der Waals surface area (Å²) in [4.78, 5) is 11.0. The molecule has 0 bridgehead atoms. The topological polar surface area (TPSA) is 92.5 Å². The van der Waals surface area contributed by atoms with E-state index in [1.165, 1.54) is 0 Å². The van der Waals surface area contributed by atoms with Gasteiger partial charge in [0.2, 0.25) is 15.9 Å². The van der Waals surface area contributed by atoms with Crippen LogP contribution in [0.15, 0.2) is 21.5 Å². The van der Waals surface area contributed by atoms with Crippen LogP contribution in [0.4, 0.5) is 10.1 Å². The minimum absolute atomic E-state index is 0.00161. The van der Waals surface area contributed by atoms with Crippen LogP contribution in [0.25, 0.3) is 0 Å². The molecule has 1 saturated heterocycles. The maximum atomic E-state index is 13.3. The Bertz CT molecular complexity index is 635. The second kappa shape index (κ2) is 5.06. The van der Waals surface area contributed by atoms with Crippen LogP contribution >= 0.6 is 15.9 Å². The molecule has 1 fully saturated rings. The Kier molecular flexibility index (Phi) is 3.79. The number of halogens is 2. The molecule has 19 heavy (non-hydrogen) atoms. The highest BCUT2D eigenvalue weighted by Gasteiger charge is 2.31. The molecule has 6 nitrogen and oxygen atoms in total. The summed E-state index contributed by atoms with van der Waals surface area (Å²) >= 11 is 2.92. The van der Waals surface area contributed by atoms with Crippen LogP contribution in [0.2, 0.25) is 0 Å². The number of carbonyl (C=O) groups is 1. The second-order valence-electron chi connectivity index (χ2n) is 3.99. The predicted octanol–water partition coefficient (Wildman–Crippen LogP) is 0.291. The molecule has 0 saturated carbocycles. The number of nitrogens with two attached hydrogens (primary N) is 1. The Morgan fingerprint density at radius 3 is 2.74 bits per heavy atom. The van der Waals surface area contributed by atoms with Crippen LogP contribution in [0.3, 0.4) is 0 Å². The molecule has 0 aromatic heterocycles. The van der Waals surface area contributed by atoms with Crippen molar-refractivity contribution in [2.24, 2.45) is 0 Å². The summed E-state index contributed by atoms with van der Waals surface area (Å²) in [6.45, 7) is 0.125. The number of benzene rings is 1. The first-order valence-electron chi connectivity index (χ1n) is 5.34. The van der Waals surface area contributed by atoms with Gasteiger partial charge in [-0.15, -0.1) is 0 Å². The fraction of sp³-hybridized carbons (Fsp3) is 0.300. The fourth-order valence-corrected chi connectivity index (χ4v) is 3.74. The lowest BCUT2D eigenvalue weighted by Gasteiger charge is -2.26. The van der Waals surface area contributed by atoms with E-state index in [0.29, 0.717) is 0 Å². The van der Waals surface area contributed by atoms with Crippen molar-refractivity contribution in [3.63, 3.8) is 0 Å². The molecule has 1 heterocycles. The molecule has 0 radical (unpaired) electrons. The molecular weight excluding hydrogens is 341 g/mol. The van der Waals surface area contributed by atoms with E-state index in [1.54, 1.807) is 0 Å². The molecule has 9 heteroatoms. The van der Waals surface area contributed by atoms with Crippen molar-refractivity contribution in [3.05, 3.63) is 22.4 Å². The molecule has 1 aromatic carbocycles. The summed E-state index contributed by atoms with van der Waals surface area (Å²) in [5.74, 6) is -1.03. The van der Waals surface area contributed by atoms with Gasteiger partial charge in [-0.3, -0.25) is 4.79 Å². The van der Waals surface area contributed by atoms with Crippen LogP contribution in [0.5, 0.6) is 0 Å². The lowest BCUT2D eigenvalue weighted by molar-refractivity contribution is -0.122. The lowest BCUT2D eigenvalue weighted by atomic mass is 10.3. The maximum Gasteiger partial charge on any atom is 0.245 e. The molecule has 0 atom stereocenters. The molecule has 1 aliphatic rings. The number of anilines is 1. The van der Waals surface area contributed by atoms with E-state index in [4.69, 9.17) is 5.73 Å². The van der Waals surface area contributed by atoms with Gasteiger partial charge < -0.3 is 11.1 Å². The van der Waals surface area contributed by atoms with Crippen molar-refractivity contribution in [2.75, 3.05) is 25.4 Å². The Labute approximate surface area is 117 Å². The van der Waals surface area contributed by atoms with Crippen LogP contribution in [0, 0.1) is 5.82 Å². The van der Waals surface area contributed by atoms with Crippen LogP contribution < -0.4 is 11.1 Å². The molecule has 1 aliphatic heterocycles. The monoisotopic (exact) mass is 351 g/mol. The summed E-state index contributed by atoms with van der Waals surface area (Å²) in [7, 11) is -3.91. The quantitative estimate of drug-likeness (QED) is 0.749. The van der Waals surface area contributed by atoms with E-state index >= 15 is 0 Å². The van der Waals surface area contributed by atoms with Gasteiger partial charge in [0.15, 0.2) is 0 Å². The molecule has 104 valence electrons. The molecule has 1 amide bonds. The number of nitrogen functional groups attached to an aromatic ring is 1. The van der Waals surface area contributed by atoms with Crippen molar-refractivity contribution >= 4 is 37.5 Å². The van der Waals surface area contributed by atoms with Gasteiger partial charge in [-0.05, 0) is 28.1 Å². The lowest BCUT2D eigenvalue weighted by Crippen LogP contribution is -2.49. The summed E-state index contributed by atoms with van der Waals surface area (Å²) in [6.07, 6.45) is 0. The van der Waals surface area contributed by atoms with Crippen LogP contribution in [-0.2, 0) is 14.8 Å². The standard InChI is InChI=1S/C10H11BrFN3O3S/c11-6-3-9(8(13)4-7(6)12)19(17,18)15-2-1-14-10(16)5-15/h3-4H,1-2,5,13H2,(H,14,16). The van der Waals surface area contributed by atoms with E-state index in [1.807, 2.05) is 0 Å². The van der Waals surface area contributed by atoms with E-state index in [0.717, 1.165) is 16.4 Å². The number of piperazine rings is 1. The summed E-state index contributed by atoms with van der Waals surface area (Å²) in [5, 5.41) is 2.53. The van der Waals surface area contributed by atoms with Gasteiger partial charge in [0.25, 0.3) is 0 Å². The number of carbonyl (C=O) groups excluding carboxylic acids is 1. The minimum Gasteiger partial charge on any atom is -0.398 e. The smallest absolute Gasteiger partial charge is 0.245 e. The third-order valence-electron chi connectivity index (χ3n) is 2.67. The first-order valence-corrected chi connectivity index (χ1v) is 7.57. The molecule has 0 spiro atoms. The van der Waals surface area contributed by atoms with Crippen LogP contribution in [-0.4, -0.2) is 38.3 Å². The number of sulfonamides is 1. The molecule has 3 N–H and O–H groups in total. The van der Waals surface area contributed by atoms with Gasteiger partial charge >= 0.3 is 0 Å². The zero-order chi connectivity index (χ0) is 14.2. The number of amides is 1. The average Bonchev–Trinajstić information content (AvgIpc) is 2.33. The molecule has 0 aliphatic carbocycles. The third kappa shape index (κ3) is 2.72. The highest BCUT2D eigenvalue weighted by molar-refractivity contribution is 9.10. The zero-order valence-electron chi connectivity index (χ0n) is 9.69. The van der Waals surface area contributed by atoms with Gasteiger partial charge in [0.1, 0.15) is 10.7 Å². The molecule has 2 rings (SSSR count). The fourth-order valence-electron chi connectivity index (χ4n) is 1.73. The highest BCUT2D eigenvalue weighted by Crippen LogP contribution is 2.28. The zero-order valence-corrected chi connectivity index (χ0v) is 12.1. The van der Waals surface area contributed by atoms with Crippen molar-refractivity contribution in [2.45, 2.75) is 4.90 Å². The molecular formula is C10H11BrFN3O3S. The Hall–Kier alpha value is -1.19. The second-order valence-corrected chi connectivity index (χ2v) is 6.75. The number of hydrogen-bond donors (Lipinski definition) is 2. The highest BCUT2D eigenvalue weighted by atomic mass is 79.9. The van der Waals surface area contributed by atoms with E-state index < -0.39 is 15.8 Å². The third-order valence-corrected chi connectivity index (χ3v) is 5.18. The Morgan fingerprint density at radius 2 is 2.11 bits per heavy atom. The number of rotatable bonds is 2. The van der Waals surface area contributed by atoms with Gasteiger partial charge in [-0.25, -0.2) is 12.8 Å². The van der Waals surface area contributed by atoms with Crippen LogP contribution in [0.1, 0.15) is 0 Å². The SMILES string of the molecule is Nc1cc(F)c(Br)cc1S(=O)(=O)N1CCNC(=O)C1. The van der Waals surface area contributed by atoms with Crippen molar-refractivity contribution in [3.8, 4) is 0 Å². The van der Waals surface area contributed by atoms with Gasteiger partial charge in [-0.2, -0.15) is 4.31 Å². The van der Waals surface area contributed by atoms with Gasteiger partial charge in [0.05, 0.1) is 16.7 Å². The van der Waals surface area contributed by atoms with Crippen molar-refractivity contribution in [1.29, 1.82) is 0 Å². The first kappa shape index (κ1) is 14.2. The van der Waals surface area contributed by atoms with Gasteiger partial charge in [-0.1, -0.05) is 0 Å². The first-order chi connectivity index (χ1) is 8.82. The van der Waals surface area contributed by atoms with Gasteiger partial charge in [0, 0.05) is 13.1 Å². The maximum absolute atomic E-state index is 13.3. The number of nitrogens with zero attached hydrogens (tertiary/aromatic N) is 1.